The van der Waals surface area contributed by atoms with Gasteiger partial charge in [-0.2, -0.15) is 0 Å². The first kappa shape index (κ1) is 18.9. The molecule has 2 aromatic rings. The standard InChI is InChI=1S/C24H25NO3S/c1-28-23(27)24-15-29-22(17-11-6-3-7-12-17)25(24)18-13-8-14-19(26)20(18)21(24)16-9-4-2-5-10-16/h2-7,9-12,18,20-22H,8,13-15H2,1H3/t18-,20-,21-,22+,24+/m0/s1. The van der Waals surface area contributed by atoms with E-state index in [0.29, 0.717) is 18.0 Å². The quantitative estimate of drug-likeness (QED) is 0.715. The van der Waals surface area contributed by atoms with Crippen molar-refractivity contribution in [3.8, 4) is 0 Å². The van der Waals surface area contributed by atoms with Gasteiger partial charge < -0.3 is 4.74 Å². The molecule has 0 radical (unpaired) electrons. The third-order valence-corrected chi connectivity index (χ3v) is 8.32. The van der Waals surface area contributed by atoms with Crippen molar-refractivity contribution in [1.82, 2.24) is 4.90 Å². The van der Waals surface area contributed by atoms with Gasteiger partial charge in [0.15, 0.2) is 0 Å². The number of carbonyl (C=O) groups excluding carboxylic acids is 2. The van der Waals surface area contributed by atoms with Gasteiger partial charge in [-0.1, -0.05) is 60.7 Å². The number of benzene rings is 2. The summed E-state index contributed by atoms with van der Waals surface area (Å²) in [5.74, 6) is 0.399. The van der Waals surface area contributed by atoms with Gasteiger partial charge in [0.1, 0.15) is 11.3 Å². The third kappa shape index (κ3) is 2.71. The first-order valence-electron chi connectivity index (χ1n) is 10.3. The molecule has 2 aliphatic heterocycles. The van der Waals surface area contributed by atoms with Crippen LogP contribution in [0.3, 0.4) is 0 Å². The number of ketones is 1. The summed E-state index contributed by atoms with van der Waals surface area (Å²) < 4.78 is 5.41. The van der Waals surface area contributed by atoms with E-state index in [1.165, 1.54) is 12.7 Å². The summed E-state index contributed by atoms with van der Waals surface area (Å²) in [6.07, 6.45) is 2.45. The number of rotatable bonds is 3. The normalized spacial score (nSPS) is 33.9. The molecule has 0 N–H and O–H groups in total. The Kier molecular flexibility index (Phi) is 4.75. The first-order chi connectivity index (χ1) is 14.2. The number of ether oxygens (including phenoxy) is 1. The largest absolute Gasteiger partial charge is 0.468 e. The second kappa shape index (κ2) is 7.29. The molecule has 5 heteroatoms. The van der Waals surface area contributed by atoms with Crippen LogP contribution in [0.25, 0.3) is 0 Å². The summed E-state index contributed by atoms with van der Waals surface area (Å²) >= 11 is 1.80. The molecule has 5 rings (SSSR count). The molecule has 5 atom stereocenters. The molecular formula is C24H25NO3S. The van der Waals surface area contributed by atoms with Gasteiger partial charge in [0.2, 0.25) is 0 Å². The van der Waals surface area contributed by atoms with Gasteiger partial charge in [0.05, 0.1) is 12.5 Å². The van der Waals surface area contributed by atoms with E-state index in [1.54, 1.807) is 11.8 Å². The number of methoxy groups -OCH3 is 1. The van der Waals surface area contributed by atoms with Gasteiger partial charge in [-0.05, 0) is 24.0 Å². The van der Waals surface area contributed by atoms with Crippen LogP contribution in [0.2, 0.25) is 0 Å². The first-order valence-corrected chi connectivity index (χ1v) is 11.3. The summed E-state index contributed by atoms with van der Waals surface area (Å²) in [5.41, 5.74) is 1.45. The van der Waals surface area contributed by atoms with Crippen molar-refractivity contribution in [1.29, 1.82) is 0 Å². The van der Waals surface area contributed by atoms with Crippen LogP contribution >= 0.6 is 11.8 Å². The van der Waals surface area contributed by atoms with Gasteiger partial charge in [-0.25, -0.2) is 4.79 Å². The smallest absolute Gasteiger partial charge is 0.327 e. The lowest BCUT2D eigenvalue weighted by atomic mass is 9.70. The molecule has 3 fully saturated rings. The average Bonchev–Trinajstić information content (AvgIpc) is 3.30. The van der Waals surface area contributed by atoms with Crippen molar-refractivity contribution in [2.45, 2.75) is 42.1 Å². The topological polar surface area (TPSA) is 46.6 Å². The molecule has 2 heterocycles. The van der Waals surface area contributed by atoms with Crippen molar-refractivity contribution in [2.24, 2.45) is 5.92 Å². The zero-order valence-electron chi connectivity index (χ0n) is 16.5. The van der Waals surface area contributed by atoms with Gasteiger partial charge in [-0.15, -0.1) is 11.8 Å². The second-order valence-corrected chi connectivity index (χ2v) is 9.31. The van der Waals surface area contributed by atoms with Crippen LogP contribution in [-0.2, 0) is 14.3 Å². The number of fused-ring (bicyclic) bond motifs is 3. The van der Waals surface area contributed by atoms with Gasteiger partial charge in [0, 0.05) is 30.1 Å². The van der Waals surface area contributed by atoms with Gasteiger partial charge in [0.25, 0.3) is 0 Å². The predicted octanol–water partition coefficient (Wildman–Crippen LogP) is 4.18. The fourth-order valence-corrected chi connectivity index (χ4v) is 7.55. The fraction of sp³-hybridized carbons (Fsp3) is 0.417. The highest BCUT2D eigenvalue weighted by Crippen LogP contribution is 2.63. The SMILES string of the molecule is COC(=O)[C@]12CS[C@H](c3ccccc3)N1[C@H]1CCCC(=O)[C@H]1[C@@H]2c1ccccc1. The van der Waals surface area contributed by atoms with Crippen LogP contribution in [0.1, 0.15) is 41.7 Å². The Balaban J connectivity index is 1.71. The molecule has 0 unspecified atom stereocenters. The predicted molar refractivity (Wildman–Crippen MR) is 114 cm³/mol. The number of Topliss-reactive ketones (excluding diaryl/α,β-unsaturated/α-hetero) is 1. The van der Waals surface area contributed by atoms with E-state index >= 15 is 0 Å². The minimum Gasteiger partial charge on any atom is -0.468 e. The number of hydrogen-bond donors (Lipinski definition) is 0. The molecule has 29 heavy (non-hydrogen) atoms. The average molecular weight is 408 g/mol. The maximum atomic E-state index is 13.4. The Morgan fingerprint density at radius 1 is 1.07 bits per heavy atom. The number of thioether (sulfide) groups is 1. The summed E-state index contributed by atoms with van der Waals surface area (Å²) in [6.45, 7) is 0. The Labute approximate surface area is 175 Å². The van der Waals surface area contributed by atoms with E-state index < -0.39 is 5.54 Å². The van der Waals surface area contributed by atoms with Crippen LogP contribution in [0.5, 0.6) is 0 Å². The Hall–Kier alpha value is -2.11. The van der Waals surface area contributed by atoms with Crippen molar-refractivity contribution < 1.29 is 14.3 Å². The highest BCUT2D eigenvalue weighted by atomic mass is 32.2. The fourth-order valence-electron chi connectivity index (χ4n) is 5.84. The molecule has 4 nitrogen and oxygen atoms in total. The van der Waals surface area contributed by atoms with E-state index in [9.17, 15) is 9.59 Å². The van der Waals surface area contributed by atoms with Crippen molar-refractivity contribution >= 4 is 23.5 Å². The molecule has 2 aromatic carbocycles. The minimum absolute atomic E-state index is 0.0578. The summed E-state index contributed by atoms with van der Waals surface area (Å²) in [7, 11) is 1.47. The van der Waals surface area contributed by atoms with Crippen LogP contribution in [0, 0.1) is 5.92 Å². The third-order valence-electron chi connectivity index (χ3n) is 6.90. The zero-order chi connectivity index (χ0) is 20.0. The zero-order valence-corrected chi connectivity index (χ0v) is 17.3. The lowest BCUT2D eigenvalue weighted by molar-refractivity contribution is -0.153. The maximum Gasteiger partial charge on any atom is 0.327 e. The highest BCUT2D eigenvalue weighted by Gasteiger charge is 2.70. The molecular weight excluding hydrogens is 382 g/mol. The van der Waals surface area contributed by atoms with Crippen LogP contribution < -0.4 is 0 Å². The molecule has 1 saturated carbocycles. The van der Waals surface area contributed by atoms with Gasteiger partial charge in [-0.3, -0.25) is 9.69 Å². The van der Waals surface area contributed by atoms with E-state index in [2.05, 4.69) is 29.2 Å². The number of carbonyl (C=O) groups is 2. The van der Waals surface area contributed by atoms with Crippen LogP contribution in [0.15, 0.2) is 60.7 Å². The molecule has 0 spiro atoms. The Bertz CT molecular complexity index is 918. The molecule has 0 aromatic heterocycles. The van der Waals surface area contributed by atoms with E-state index in [1.807, 2.05) is 36.4 Å². The van der Waals surface area contributed by atoms with Crippen molar-refractivity contribution in [2.75, 3.05) is 12.9 Å². The van der Waals surface area contributed by atoms with E-state index in [4.69, 9.17) is 4.74 Å². The molecule has 3 aliphatic rings. The molecule has 150 valence electrons. The molecule has 0 bridgehead atoms. The lowest BCUT2D eigenvalue weighted by Gasteiger charge is -2.38. The second-order valence-electron chi connectivity index (χ2n) is 8.24. The molecule has 2 saturated heterocycles. The summed E-state index contributed by atoms with van der Waals surface area (Å²) in [6, 6.07) is 20.5. The molecule has 1 aliphatic carbocycles. The van der Waals surface area contributed by atoms with Crippen LogP contribution in [0.4, 0.5) is 0 Å². The summed E-state index contributed by atoms with van der Waals surface area (Å²) in [4.78, 5) is 29.0. The van der Waals surface area contributed by atoms with Crippen LogP contribution in [-0.4, -0.2) is 41.1 Å². The van der Waals surface area contributed by atoms with Crippen molar-refractivity contribution in [3.63, 3.8) is 0 Å². The minimum atomic E-state index is -0.809. The highest BCUT2D eigenvalue weighted by molar-refractivity contribution is 7.99. The maximum absolute atomic E-state index is 13.4. The van der Waals surface area contributed by atoms with Crippen molar-refractivity contribution in [3.05, 3.63) is 71.8 Å². The van der Waals surface area contributed by atoms with E-state index in [0.717, 1.165) is 18.4 Å². The molecule has 0 amide bonds. The van der Waals surface area contributed by atoms with Gasteiger partial charge >= 0.3 is 5.97 Å². The number of nitrogens with zero attached hydrogens (tertiary/aromatic N) is 1. The lowest BCUT2D eigenvalue weighted by Crippen LogP contribution is -2.54. The number of esters is 1. The Morgan fingerprint density at radius 2 is 1.72 bits per heavy atom. The monoisotopic (exact) mass is 407 g/mol. The van der Waals surface area contributed by atoms with E-state index in [-0.39, 0.29) is 29.2 Å². The Morgan fingerprint density at radius 3 is 2.38 bits per heavy atom. The number of hydrogen-bond acceptors (Lipinski definition) is 5. The summed E-state index contributed by atoms with van der Waals surface area (Å²) in [5, 5.41) is 0.0578.